The molecule has 0 unspecified atom stereocenters. The molecule has 98 valence electrons. The Morgan fingerprint density at radius 2 is 1.71 bits per heavy atom. The molecule has 9 heteroatoms. The average Bonchev–Trinajstić information content (AvgIpc) is 1.95. The Hall–Kier alpha value is -1.06. The van der Waals surface area contributed by atoms with Gasteiger partial charge in [0.05, 0.1) is 5.75 Å². The Balaban J connectivity index is 3.34. The van der Waals surface area contributed by atoms with Gasteiger partial charge in [-0.2, -0.15) is 22.8 Å². The molecule has 0 saturated carbocycles. The molecule has 0 bridgehead atoms. The summed E-state index contributed by atoms with van der Waals surface area (Å²) in [5.41, 5.74) is 0. The molecular weight excluding hydrogens is 271 g/mol. The molecular formula is C8H5F5O3S-2. The second kappa shape index (κ2) is 3.72. The van der Waals surface area contributed by atoms with E-state index in [0.29, 0.717) is 6.07 Å². The van der Waals surface area contributed by atoms with Gasteiger partial charge in [0.15, 0.2) is 0 Å². The maximum absolute atomic E-state index is 13.0. The molecule has 0 spiro atoms. The highest BCUT2D eigenvalue weighted by molar-refractivity contribution is 8.10. The van der Waals surface area contributed by atoms with Crippen LogP contribution in [0.1, 0.15) is 0 Å². The molecule has 1 rings (SSSR count). The normalized spacial score (nSPS) is 15.4. The quantitative estimate of drug-likeness (QED) is 0.776. The molecule has 1 aromatic carbocycles. The van der Waals surface area contributed by atoms with Gasteiger partial charge in [-0.1, -0.05) is 0 Å². The van der Waals surface area contributed by atoms with Gasteiger partial charge in [0, 0.05) is 11.0 Å². The van der Waals surface area contributed by atoms with Gasteiger partial charge in [-0.05, 0) is 12.1 Å². The third-order valence-electron chi connectivity index (χ3n) is 1.73. The summed E-state index contributed by atoms with van der Waals surface area (Å²) in [4.78, 5) is -1.71. The number of rotatable bonds is 2. The predicted octanol–water partition coefficient (Wildman–Crippen LogP) is 1.97. The van der Waals surface area contributed by atoms with Crippen LogP contribution in [0.3, 0.4) is 0 Å². The summed E-state index contributed by atoms with van der Waals surface area (Å²) in [6.07, 6.45) is -5.31. The molecule has 0 aliphatic heterocycles. The lowest BCUT2D eigenvalue weighted by atomic mass is 10.3. The van der Waals surface area contributed by atoms with Gasteiger partial charge in [-0.15, -0.1) is 0 Å². The van der Waals surface area contributed by atoms with Crippen LogP contribution in [0.5, 0.6) is 0 Å². The minimum absolute atomic E-state index is 0.0230. The van der Waals surface area contributed by atoms with E-state index in [0.717, 1.165) is 0 Å². The highest BCUT2D eigenvalue weighted by Gasteiger charge is 2.36. The van der Waals surface area contributed by atoms with Crippen molar-refractivity contribution in [2.45, 2.75) is 11.1 Å². The van der Waals surface area contributed by atoms with Gasteiger partial charge in [-0.25, -0.2) is 8.78 Å². The minimum Gasteiger partial charge on any atom is -0.795 e. The fraction of sp³-hybridized carbons (Fsp3) is 0.250. The van der Waals surface area contributed by atoms with Crippen molar-refractivity contribution in [1.82, 2.24) is 0 Å². The van der Waals surface area contributed by atoms with Crippen molar-refractivity contribution in [2.24, 2.45) is 0 Å². The Kier molecular flexibility index (Phi) is 3.06. The molecule has 0 aliphatic rings. The van der Waals surface area contributed by atoms with Crippen molar-refractivity contribution in [3.8, 4) is 0 Å². The number of sulfone groups is 3. The minimum atomic E-state index is -6.91. The molecule has 0 N–H and O–H groups in total. The molecule has 17 heavy (non-hydrogen) atoms. The van der Waals surface area contributed by atoms with E-state index in [9.17, 15) is 35.3 Å². The van der Waals surface area contributed by atoms with Gasteiger partial charge in [0.1, 0.15) is 11.6 Å². The third kappa shape index (κ3) is 3.45. The molecule has 0 heterocycles. The summed E-state index contributed by atoms with van der Waals surface area (Å²) < 4.78 is 94.6. The van der Waals surface area contributed by atoms with E-state index in [4.69, 9.17) is 0 Å². The number of halogens is 5. The van der Waals surface area contributed by atoms with Crippen LogP contribution >= 0.6 is 0 Å². The van der Waals surface area contributed by atoms with Crippen LogP contribution < -0.4 is 0 Å². The van der Waals surface area contributed by atoms with Crippen molar-refractivity contribution in [3.05, 3.63) is 29.8 Å². The van der Waals surface area contributed by atoms with E-state index < -0.39 is 38.1 Å². The zero-order valence-corrected chi connectivity index (χ0v) is 8.78. The first-order chi connectivity index (χ1) is 7.39. The molecule has 0 aliphatic carbocycles. The van der Waals surface area contributed by atoms with Crippen LogP contribution in [0.15, 0.2) is 23.1 Å². The Labute approximate surface area is 92.3 Å². The summed E-state index contributed by atoms with van der Waals surface area (Å²) in [6.45, 7) is 0. The third-order valence-corrected chi connectivity index (χ3v) is 3.74. The zero-order valence-electron chi connectivity index (χ0n) is 7.96. The number of alkyl halides is 3. The zero-order chi connectivity index (χ0) is 13.5. The van der Waals surface area contributed by atoms with Gasteiger partial charge in [0.25, 0.3) is 0 Å². The second-order valence-electron chi connectivity index (χ2n) is 3.29. The van der Waals surface area contributed by atoms with E-state index in [1.807, 2.05) is 0 Å². The monoisotopic (exact) mass is 276 g/mol. The lowest BCUT2D eigenvalue weighted by molar-refractivity contribution is -0.109. The molecule has 0 radical (unpaired) electrons. The summed E-state index contributed by atoms with van der Waals surface area (Å²) in [6, 6.07) is 0.582. The van der Waals surface area contributed by atoms with Gasteiger partial charge >= 0.3 is 6.18 Å². The first-order valence-corrected chi connectivity index (χ1v) is 6.01. The molecule has 0 saturated heterocycles. The molecule has 0 fully saturated rings. The van der Waals surface area contributed by atoms with Crippen molar-refractivity contribution in [3.63, 3.8) is 0 Å². The smallest absolute Gasteiger partial charge is 0.396 e. The van der Waals surface area contributed by atoms with Gasteiger partial charge in [-0.3, -0.25) is 0 Å². The maximum Gasteiger partial charge on any atom is 0.396 e. The topological polar surface area (TPSA) is 63.2 Å². The van der Waals surface area contributed by atoms with Crippen LogP contribution in [0.25, 0.3) is 0 Å². The highest BCUT2D eigenvalue weighted by Crippen LogP contribution is 2.36. The van der Waals surface area contributed by atoms with E-state index in [2.05, 4.69) is 0 Å². The van der Waals surface area contributed by atoms with Gasteiger partial charge in [0.2, 0.25) is 0 Å². The molecule has 3 nitrogen and oxygen atoms in total. The van der Waals surface area contributed by atoms with Crippen molar-refractivity contribution in [1.29, 1.82) is 0 Å². The van der Waals surface area contributed by atoms with Gasteiger partial charge < -0.3 is 13.3 Å². The summed E-state index contributed by atoms with van der Waals surface area (Å²) >= 11 is 0. The van der Waals surface area contributed by atoms with Crippen LogP contribution in [0.2, 0.25) is 0 Å². The van der Waals surface area contributed by atoms with Crippen molar-refractivity contribution >= 4 is 9.63 Å². The summed E-state index contributed by atoms with van der Waals surface area (Å²) in [7, 11) is -6.91. The van der Waals surface area contributed by atoms with Crippen molar-refractivity contribution < 1.29 is 35.3 Å². The first kappa shape index (κ1) is 14.0. The SMILES string of the molecule is O=S([O-])([O-])(CC(F)(F)F)c1ccc(F)cc1F. The maximum atomic E-state index is 13.0. The molecule has 0 aromatic heterocycles. The number of hydrogen-bond donors (Lipinski definition) is 0. The van der Waals surface area contributed by atoms with Crippen LogP contribution in [0, 0.1) is 11.6 Å². The fourth-order valence-corrected chi connectivity index (χ4v) is 2.64. The largest absolute Gasteiger partial charge is 0.795 e. The number of hydrogen-bond acceptors (Lipinski definition) is 3. The highest BCUT2D eigenvalue weighted by atomic mass is 32.3. The first-order valence-electron chi connectivity index (χ1n) is 4.03. The predicted molar refractivity (Wildman–Crippen MR) is 45.2 cm³/mol. The summed E-state index contributed by atoms with van der Waals surface area (Å²) in [5.74, 6) is -5.80. The standard InChI is InChI=1S/C8H7F5O3S/c9-5-1-2-7(6(10)3-5)17(14,15,16)4-8(11,12)13/h1-3H,4H2,(H2,14,15,16)/p-2. The fourth-order valence-electron chi connectivity index (χ4n) is 1.16. The summed E-state index contributed by atoms with van der Waals surface area (Å²) in [5, 5.41) is 0. The van der Waals surface area contributed by atoms with E-state index in [1.54, 1.807) is 0 Å². The van der Waals surface area contributed by atoms with E-state index >= 15 is 0 Å². The van der Waals surface area contributed by atoms with Crippen LogP contribution in [-0.2, 0) is 9.63 Å². The number of benzene rings is 1. The van der Waals surface area contributed by atoms with Crippen molar-refractivity contribution in [2.75, 3.05) is 5.75 Å². The van der Waals surface area contributed by atoms with E-state index in [-0.39, 0.29) is 12.1 Å². The molecule has 0 atom stereocenters. The Bertz CT molecular complexity index is 504. The molecule has 0 amide bonds. The van der Waals surface area contributed by atoms with Crippen LogP contribution in [-0.4, -0.2) is 25.2 Å². The lowest BCUT2D eigenvalue weighted by Crippen LogP contribution is -2.43. The molecule has 1 aromatic rings. The van der Waals surface area contributed by atoms with E-state index in [1.165, 1.54) is 0 Å². The van der Waals surface area contributed by atoms with Crippen LogP contribution in [0.4, 0.5) is 22.0 Å². The second-order valence-corrected chi connectivity index (χ2v) is 5.92. The Morgan fingerprint density at radius 3 is 2.12 bits per heavy atom. The lowest BCUT2D eigenvalue weighted by Gasteiger charge is -2.55. The average molecular weight is 276 g/mol. The Morgan fingerprint density at radius 1 is 1.18 bits per heavy atom.